The average molecular weight is 210 g/mol. The van der Waals surface area contributed by atoms with Crippen molar-refractivity contribution in [3.8, 4) is 0 Å². The molecule has 0 saturated heterocycles. The van der Waals surface area contributed by atoms with Crippen molar-refractivity contribution in [1.82, 2.24) is 5.32 Å². The molecule has 0 aromatic carbocycles. The van der Waals surface area contributed by atoms with Crippen LogP contribution in [-0.2, 0) is 4.79 Å². The first-order valence-corrected chi connectivity index (χ1v) is 5.35. The van der Waals surface area contributed by atoms with Crippen molar-refractivity contribution in [3.05, 3.63) is 29.5 Å². The molecule has 1 aromatic rings. The smallest absolute Gasteiger partial charge is 0.242 e. The first-order chi connectivity index (χ1) is 6.74. The fourth-order valence-electron chi connectivity index (χ4n) is 0.988. The molecule has 0 fully saturated rings. The van der Waals surface area contributed by atoms with Crippen LogP contribution in [0.3, 0.4) is 0 Å². The second-order valence-corrected chi connectivity index (χ2v) is 3.69. The topological polar surface area (TPSA) is 41.1 Å². The van der Waals surface area contributed by atoms with Crippen molar-refractivity contribution >= 4 is 22.9 Å². The van der Waals surface area contributed by atoms with E-state index in [2.05, 4.69) is 17.2 Å². The molecule has 76 valence electrons. The highest BCUT2D eigenvalue weighted by Gasteiger charge is 2.10. The van der Waals surface area contributed by atoms with Gasteiger partial charge in [0.15, 0.2) is 0 Å². The van der Waals surface area contributed by atoms with Gasteiger partial charge in [0, 0.05) is 17.6 Å². The van der Waals surface area contributed by atoms with Gasteiger partial charge in [-0.05, 0) is 18.4 Å². The SMILES string of the molecule is C=CCNC(=O)C(C)Nc1ccsc1. The molecule has 0 aliphatic heterocycles. The minimum Gasteiger partial charge on any atom is -0.373 e. The lowest BCUT2D eigenvalue weighted by Crippen LogP contribution is -2.37. The predicted octanol–water partition coefficient (Wildman–Crippen LogP) is 1.85. The van der Waals surface area contributed by atoms with E-state index in [0.29, 0.717) is 6.54 Å². The maximum atomic E-state index is 11.4. The standard InChI is InChI=1S/C10H14N2OS/c1-3-5-11-10(13)8(2)12-9-4-6-14-7-9/h3-4,6-8,12H,1,5H2,2H3,(H,11,13). The van der Waals surface area contributed by atoms with E-state index >= 15 is 0 Å². The van der Waals surface area contributed by atoms with Crippen molar-refractivity contribution in [1.29, 1.82) is 0 Å². The molecule has 0 aliphatic carbocycles. The number of thiophene rings is 1. The normalized spacial score (nSPS) is 11.8. The van der Waals surface area contributed by atoms with E-state index in [0.717, 1.165) is 5.69 Å². The van der Waals surface area contributed by atoms with Gasteiger partial charge in [-0.15, -0.1) is 6.58 Å². The van der Waals surface area contributed by atoms with Gasteiger partial charge in [0.1, 0.15) is 6.04 Å². The van der Waals surface area contributed by atoms with Crippen LogP contribution in [0.4, 0.5) is 5.69 Å². The number of carbonyl (C=O) groups excluding carboxylic acids is 1. The number of anilines is 1. The van der Waals surface area contributed by atoms with Crippen LogP contribution in [0.25, 0.3) is 0 Å². The van der Waals surface area contributed by atoms with Gasteiger partial charge >= 0.3 is 0 Å². The van der Waals surface area contributed by atoms with E-state index in [1.54, 1.807) is 17.4 Å². The molecule has 1 atom stereocenters. The Hall–Kier alpha value is -1.29. The Morgan fingerprint density at radius 3 is 3.14 bits per heavy atom. The highest BCUT2D eigenvalue weighted by molar-refractivity contribution is 7.08. The van der Waals surface area contributed by atoms with Gasteiger partial charge in [-0.2, -0.15) is 11.3 Å². The van der Waals surface area contributed by atoms with Crippen LogP contribution in [-0.4, -0.2) is 18.5 Å². The zero-order valence-corrected chi connectivity index (χ0v) is 8.93. The molecule has 1 amide bonds. The van der Waals surface area contributed by atoms with Crippen molar-refractivity contribution in [2.75, 3.05) is 11.9 Å². The summed E-state index contributed by atoms with van der Waals surface area (Å²) in [6, 6.07) is 1.73. The van der Waals surface area contributed by atoms with E-state index in [1.807, 2.05) is 23.8 Å². The highest BCUT2D eigenvalue weighted by atomic mass is 32.1. The zero-order chi connectivity index (χ0) is 10.4. The number of carbonyl (C=O) groups is 1. The second kappa shape index (κ2) is 5.44. The molecule has 1 rings (SSSR count). The van der Waals surface area contributed by atoms with Crippen molar-refractivity contribution in [2.45, 2.75) is 13.0 Å². The van der Waals surface area contributed by atoms with Crippen LogP contribution in [0, 0.1) is 0 Å². The first kappa shape index (κ1) is 10.8. The Balaban J connectivity index is 2.37. The summed E-state index contributed by atoms with van der Waals surface area (Å²) in [5, 5.41) is 9.76. The van der Waals surface area contributed by atoms with Gasteiger partial charge in [0.05, 0.1) is 0 Å². The minimum atomic E-state index is -0.218. The van der Waals surface area contributed by atoms with Crippen LogP contribution in [0.5, 0.6) is 0 Å². The monoisotopic (exact) mass is 210 g/mol. The second-order valence-electron chi connectivity index (χ2n) is 2.91. The predicted molar refractivity (Wildman–Crippen MR) is 60.6 cm³/mol. The fourth-order valence-corrected chi connectivity index (χ4v) is 1.58. The maximum Gasteiger partial charge on any atom is 0.242 e. The Bertz CT molecular complexity index is 295. The van der Waals surface area contributed by atoms with Crippen LogP contribution >= 0.6 is 11.3 Å². The maximum absolute atomic E-state index is 11.4. The Labute approximate surface area is 87.8 Å². The third-order valence-electron chi connectivity index (χ3n) is 1.72. The molecule has 1 heterocycles. The quantitative estimate of drug-likeness (QED) is 0.728. The van der Waals surface area contributed by atoms with Gasteiger partial charge < -0.3 is 10.6 Å². The summed E-state index contributed by atoms with van der Waals surface area (Å²) < 4.78 is 0. The molecule has 0 bridgehead atoms. The largest absolute Gasteiger partial charge is 0.373 e. The molecule has 2 N–H and O–H groups in total. The summed E-state index contributed by atoms with van der Waals surface area (Å²) in [5.41, 5.74) is 0.983. The molecule has 1 aromatic heterocycles. The van der Waals surface area contributed by atoms with E-state index in [9.17, 15) is 4.79 Å². The van der Waals surface area contributed by atoms with Crippen LogP contribution < -0.4 is 10.6 Å². The number of rotatable bonds is 5. The number of hydrogen-bond acceptors (Lipinski definition) is 3. The summed E-state index contributed by atoms with van der Waals surface area (Å²) in [7, 11) is 0. The number of amides is 1. The Morgan fingerprint density at radius 1 is 1.79 bits per heavy atom. The lowest BCUT2D eigenvalue weighted by atomic mass is 10.3. The zero-order valence-electron chi connectivity index (χ0n) is 8.12. The van der Waals surface area contributed by atoms with Crippen molar-refractivity contribution in [2.24, 2.45) is 0 Å². The first-order valence-electron chi connectivity index (χ1n) is 4.41. The van der Waals surface area contributed by atoms with Gasteiger partial charge in [-0.3, -0.25) is 4.79 Å². The lowest BCUT2D eigenvalue weighted by Gasteiger charge is -2.12. The lowest BCUT2D eigenvalue weighted by molar-refractivity contribution is -0.121. The van der Waals surface area contributed by atoms with E-state index in [4.69, 9.17) is 0 Å². The van der Waals surface area contributed by atoms with E-state index in [1.165, 1.54) is 0 Å². The van der Waals surface area contributed by atoms with Gasteiger partial charge in [0.2, 0.25) is 5.91 Å². The van der Waals surface area contributed by atoms with E-state index < -0.39 is 0 Å². The third kappa shape index (κ3) is 3.22. The highest BCUT2D eigenvalue weighted by Crippen LogP contribution is 2.12. The molecule has 4 heteroatoms. The molecule has 0 saturated carbocycles. The minimum absolute atomic E-state index is 0.0175. The number of hydrogen-bond donors (Lipinski definition) is 2. The molecule has 0 spiro atoms. The van der Waals surface area contributed by atoms with Crippen LogP contribution in [0.2, 0.25) is 0 Å². The molecular formula is C10H14N2OS. The summed E-state index contributed by atoms with van der Waals surface area (Å²) in [5.74, 6) is -0.0175. The average Bonchev–Trinajstić information content (AvgIpc) is 2.66. The molecule has 3 nitrogen and oxygen atoms in total. The summed E-state index contributed by atoms with van der Waals surface area (Å²) >= 11 is 1.60. The van der Waals surface area contributed by atoms with E-state index in [-0.39, 0.29) is 11.9 Å². The molecule has 1 unspecified atom stereocenters. The summed E-state index contributed by atoms with van der Waals surface area (Å²) in [6.45, 7) is 5.87. The van der Waals surface area contributed by atoms with Crippen LogP contribution in [0.1, 0.15) is 6.92 Å². The van der Waals surface area contributed by atoms with Crippen LogP contribution in [0.15, 0.2) is 29.5 Å². The van der Waals surface area contributed by atoms with Gasteiger partial charge in [-0.25, -0.2) is 0 Å². The summed E-state index contributed by atoms with van der Waals surface area (Å²) in [6.07, 6.45) is 1.66. The Morgan fingerprint density at radius 2 is 2.57 bits per heavy atom. The number of nitrogens with one attached hydrogen (secondary N) is 2. The van der Waals surface area contributed by atoms with Gasteiger partial charge in [-0.1, -0.05) is 6.08 Å². The molecule has 0 radical (unpaired) electrons. The van der Waals surface area contributed by atoms with Crippen molar-refractivity contribution < 1.29 is 4.79 Å². The van der Waals surface area contributed by atoms with Gasteiger partial charge in [0.25, 0.3) is 0 Å². The Kier molecular flexibility index (Phi) is 4.19. The molecule has 14 heavy (non-hydrogen) atoms. The molecule has 0 aliphatic rings. The third-order valence-corrected chi connectivity index (χ3v) is 2.40. The fraction of sp³-hybridized carbons (Fsp3) is 0.300. The van der Waals surface area contributed by atoms with Crippen molar-refractivity contribution in [3.63, 3.8) is 0 Å². The summed E-state index contributed by atoms with van der Waals surface area (Å²) in [4.78, 5) is 11.4. The molecular weight excluding hydrogens is 196 g/mol.